The van der Waals surface area contributed by atoms with Crippen molar-refractivity contribution in [1.29, 1.82) is 0 Å². The van der Waals surface area contributed by atoms with E-state index in [1.807, 2.05) is 18.2 Å². The molecule has 0 aliphatic carbocycles. The van der Waals surface area contributed by atoms with Gasteiger partial charge in [0.1, 0.15) is 11.7 Å². The first-order chi connectivity index (χ1) is 10.5. The van der Waals surface area contributed by atoms with Crippen molar-refractivity contribution >= 4 is 12.1 Å². The number of halogens is 1. The average molecular weight is 295 g/mol. The molecule has 1 aliphatic heterocycles. The number of benzene rings is 2. The van der Waals surface area contributed by atoms with Crippen molar-refractivity contribution in [3.63, 3.8) is 0 Å². The van der Waals surface area contributed by atoms with Gasteiger partial charge in [0.05, 0.1) is 11.8 Å². The van der Waals surface area contributed by atoms with Gasteiger partial charge in [0.2, 0.25) is 0 Å². The molecule has 0 unspecified atom stereocenters. The van der Waals surface area contributed by atoms with E-state index in [4.69, 9.17) is 4.99 Å². The van der Waals surface area contributed by atoms with Crippen LogP contribution in [-0.2, 0) is 6.42 Å². The lowest BCUT2D eigenvalue weighted by Gasteiger charge is -2.28. The molecule has 0 amide bonds. The van der Waals surface area contributed by atoms with Gasteiger partial charge in [-0.15, -0.1) is 0 Å². The molecule has 0 atom stereocenters. The lowest BCUT2D eigenvalue weighted by molar-refractivity contribution is 0.509. The van der Waals surface area contributed by atoms with Gasteiger partial charge in [0.25, 0.3) is 0 Å². The first-order valence-electron chi connectivity index (χ1n) is 7.26. The Hall–Kier alpha value is -2.49. The Morgan fingerprint density at radius 2 is 1.86 bits per heavy atom. The van der Waals surface area contributed by atoms with Crippen LogP contribution < -0.4 is 5.43 Å². The van der Waals surface area contributed by atoms with Gasteiger partial charge in [-0.3, -0.25) is 10.4 Å². The van der Waals surface area contributed by atoms with Crippen LogP contribution in [0, 0.1) is 5.82 Å². The summed E-state index contributed by atoms with van der Waals surface area (Å²) in [4.78, 5) is 4.73. The van der Waals surface area contributed by atoms with Gasteiger partial charge in [0, 0.05) is 5.56 Å². The molecule has 0 fully saturated rings. The molecule has 0 spiro atoms. The zero-order chi connectivity index (χ0) is 15.6. The smallest absolute Gasteiger partial charge is 0.149 e. The summed E-state index contributed by atoms with van der Waals surface area (Å²) in [6.45, 7) is 4.21. The Morgan fingerprint density at radius 3 is 2.64 bits per heavy atom. The molecule has 3 nitrogen and oxygen atoms in total. The van der Waals surface area contributed by atoms with Crippen molar-refractivity contribution in [1.82, 2.24) is 5.43 Å². The summed E-state index contributed by atoms with van der Waals surface area (Å²) in [5.41, 5.74) is 6.05. The van der Waals surface area contributed by atoms with E-state index in [2.05, 4.69) is 30.4 Å². The number of fused-ring (bicyclic) bond motifs is 1. The number of amidine groups is 1. The van der Waals surface area contributed by atoms with E-state index >= 15 is 0 Å². The third kappa shape index (κ3) is 3.22. The maximum atomic E-state index is 12.9. The molecule has 4 heteroatoms. The van der Waals surface area contributed by atoms with E-state index in [0.717, 1.165) is 23.4 Å². The molecule has 1 N–H and O–H groups in total. The fourth-order valence-electron chi connectivity index (χ4n) is 2.58. The van der Waals surface area contributed by atoms with E-state index in [-0.39, 0.29) is 11.4 Å². The molecule has 0 radical (unpaired) electrons. The van der Waals surface area contributed by atoms with Crippen molar-refractivity contribution < 1.29 is 4.39 Å². The normalized spacial score (nSPS) is 16.2. The zero-order valence-electron chi connectivity index (χ0n) is 12.7. The molecule has 22 heavy (non-hydrogen) atoms. The van der Waals surface area contributed by atoms with Crippen LogP contribution in [0.4, 0.5) is 4.39 Å². The molecule has 2 aromatic carbocycles. The standard InChI is InChI=1S/C18H18FN3/c1-18(2)11-14-5-3-4-6-16(14)17(21-18)22-20-12-13-7-9-15(19)10-8-13/h3-10,12H,11H2,1-2H3,(H,21,22)/b20-12-. The van der Waals surface area contributed by atoms with E-state index < -0.39 is 0 Å². The highest BCUT2D eigenvalue weighted by molar-refractivity contribution is 6.01. The quantitative estimate of drug-likeness (QED) is 0.668. The molecule has 0 saturated carbocycles. The number of aliphatic imine (C=N–C) groups is 1. The second kappa shape index (κ2) is 5.72. The zero-order valence-corrected chi connectivity index (χ0v) is 12.7. The first-order valence-corrected chi connectivity index (χ1v) is 7.26. The molecule has 112 valence electrons. The number of hydrogen-bond acceptors (Lipinski definition) is 3. The number of rotatable bonds is 2. The van der Waals surface area contributed by atoms with Crippen molar-refractivity contribution in [3.8, 4) is 0 Å². The number of hydrazone groups is 1. The van der Waals surface area contributed by atoms with Gasteiger partial charge >= 0.3 is 0 Å². The number of nitrogens with zero attached hydrogens (tertiary/aromatic N) is 2. The molecule has 3 rings (SSSR count). The maximum absolute atomic E-state index is 12.9. The van der Waals surface area contributed by atoms with E-state index in [1.54, 1.807) is 18.3 Å². The monoisotopic (exact) mass is 295 g/mol. The summed E-state index contributed by atoms with van der Waals surface area (Å²) in [5, 5.41) is 4.23. The van der Waals surface area contributed by atoms with Crippen LogP contribution in [0.3, 0.4) is 0 Å². The van der Waals surface area contributed by atoms with Gasteiger partial charge in [-0.05, 0) is 43.5 Å². The fourth-order valence-corrected chi connectivity index (χ4v) is 2.58. The summed E-state index contributed by atoms with van der Waals surface area (Å²) in [7, 11) is 0. The average Bonchev–Trinajstić information content (AvgIpc) is 2.48. The number of hydrogen-bond donors (Lipinski definition) is 1. The molecule has 1 heterocycles. The second-order valence-electron chi connectivity index (χ2n) is 6.03. The van der Waals surface area contributed by atoms with Crippen LogP contribution in [0.1, 0.15) is 30.5 Å². The summed E-state index contributed by atoms with van der Waals surface area (Å²) in [5.74, 6) is 0.516. The Kier molecular flexibility index (Phi) is 3.75. The lowest BCUT2D eigenvalue weighted by atomic mass is 9.89. The fraction of sp³-hybridized carbons (Fsp3) is 0.222. The molecule has 2 aromatic rings. The highest BCUT2D eigenvalue weighted by Crippen LogP contribution is 2.25. The van der Waals surface area contributed by atoms with Crippen LogP contribution in [0.15, 0.2) is 58.6 Å². The van der Waals surface area contributed by atoms with Crippen LogP contribution >= 0.6 is 0 Å². The molecule has 0 saturated heterocycles. The van der Waals surface area contributed by atoms with Gasteiger partial charge in [-0.25, -0.2) is 4.39 Å². The van der Waals surface area contributed by atoms with E-state index in [0.29, 0.717) is 0 Å². The third-order valence-corrected chi connectivity index (χ3v) is 3.56. The van der Waals surface area contributed by atoms with Crippen LogP contribution in [0.2, 0.25) is 0 Å². The Balaban J connectivity index is 1.81. The van der Waals surface area contributed by atoms with Gasteiger partial charge < -0.3 is 0 Å². The summed E-state index contributed by atoms with van der Waals surface area (Å²) < 4.78 is 12.9. The van der Waals surface area contributed by atoms with Crippen molar-refractivity contribution in [3.05, 3.63) is 71.0 Å². The third-order valence-electron chi connectivity index (χ3n) is 3.56. The topological polar surface area (TPSA) is 36.8 Å². The minimum Gasteiger partial charge on any atom is -0.261 e. The Bertz CT molecular complexity index is 730. The van der Waals surface area contributed by atoms with E-state index in [9.17, 15) is 4.39 Å². The van der Waals surface area contributed by atoms with Crippen LogP contribution in [0.25, 0.3) is 0 Å². The first kappa shape index (κ1) is 14.4. The Morgan fingerprint density at radius 1 is 1.14 bits per heavy atom. The van der Waals surface area contributed by atoms with Crippen molar-refractivity contribution in [2.75, 3.05) is 0 Å². The van der Waals surface area contributed by atoms with Crippen LogP contribution in [-0.4, -0.2) is 17.6 Å². The van der Waals surface area contributed by atoms with Crippen molar-refractivity contribution in [2.24, 2.45) is 10.1 Å². The van der Waals surface area contributed by atoms with E-state index in [1.165, 1.54) is 17.7 Å². The number of nitrogens with one attached hydrogen (secondary N) is 1. The molecular weight excluding hydrogens is 277 g/mol. The minimum absolute atomic E-state index is 0.151. The SMILES string of the molecule is CC1(C)Cc2ccccc2C(N/N=C\c2ccc(F)cc2)=N1. The maximum Gasteiger partial charge on any atom is 0.149 e. The lowest BCUT2D eigenvalue weighted by Crippen LogP contribution is -2.34. The van der Waals surface area contributed by atoms with Gasteiger partial charge in [-0.2, -0.15) is 5.10 Å². The summed E-state index contributed by atoms with van der Waals surface area (Å²) >= 11 is 0. The van der Waals surface area contributed by atoms with Crippen LogP contribution in [0.5, 0.6) is 0 Å². The summed E-state index contributed by atoms with van der Waals surface area (Å²) in [6.07, 6.45) is 2.57. The molecular formula is C18H18FN3. The predicted octanol–water partition coefficient (Wildman–Crippen LogP) is 3.53. The highest BCUT2D eigenvalue weighted by atomic mass is 19.1. The molecule has 0 aromatic heterocycles. The van der Waals surface area contributed by atoms with Crippen molar-refractivity contribution in [2.45, 2.75) is 25.8 Å². The summed E-state index contributed by atoms with van der Waals surface area (Å²) in [6, 6.07) is 14.4. The van der Waals surface area contributed by atoms with Gasteiger partial charge in [0.15, 0.2) is 0 Å². The predicted molar refractivity (Wildman–Crippen MR) is 87.9 cm³/mol. The Labute approximate surface area is 129 Å². The minimum atomic E-state index is -0.252. The second-order valence-corrected chi connectivity index (χ2v) is 6.03. The molecule has 1 aliphatic rings. The highest BCUT2D eigenvalue weighted by Gasteiger charge is 2.26. The van der Waals surface area contributed by atoms with Gasteiger partial charge in [-0.1, -0.05) is 36.4 Å². The molecule has 0 bridgehead atoms. The largest absolute Gasteiger partial charge is 0.261 e.